The number of methoxy groups -OCH3 is 1. The first kappa shape index (κ1) is 37.8. The normalized spacial score (nSPS) is 13.9. The molecule has 1 aliphatic rings. The lowest BCUT2D eigenvalue weighted by Crippen LogP contribution is -2.50. The first-order valence-corrected chi connectivity index (χ1v) is 15.2. The Balaban J connectivity index is 0.00000353. The number of piperidine rings is 1. The summed E-state index contributed by atoms with van der Waals surface area (Å²) in [6, 6.07) is 15.6. The van der Waals surface area contributed by atoms with Gasteiger partial charge in [-0.25, -0.2) is 9.78 Å². The number of hydrogen-bond acceptors (Lipinski definition) is 7. The van der Waals surface area contributed by atoms with Crippen LogP contribution in [-0.4, -0.2) is 56.1 Å². The molecule has 1 aromatic heterocycles. The maximum Gasteiger partial charge on any atom is 0.319 e. The number of nitrogens with two attached hydrogens (primary N) is 1. The summed E-state index contributed by atoms with van der Waals surface area (Å²) in [7, 11) is 1.67. The SMILES string of the molecule is COc1cccc(C2(CNC(=O)Nc3c(C(C)C)cc(N)cc3C(C)C)CCN(c3ncccc3OCCCO)CC2)c1.Cl.Cl. The van der Waals surface area contributed by atoms with E-state index in [9.17, 15) is 4.79 Å². The van der Waals surface area contributed by atoms with E-state index in [0.717, 1.165) is 59.9 Å². The van der Waals surface area contributed by atoms with Crippen LogP contribution in [0.2, 0.25) is 0 Å². The smallest absolute Gasteiger partial charge is 0.319 e. The maximum absolute atomic E-state index is 13.5. The Bertz CT molecular complexity index is 1350. The minimum atomic E-state index is -0.308. The number of aromatic nitrogens is 1. The van der Waals surface area contributed by atoms with E-state index in [1.54, 1.807) is 13.3 Å². The predicted octanol–water partition coefficient (Wildman–Crippen LogP) is 6.88. The zero-order valence-electron chi connectivity index (χ0n) is 27.0. The number of halogens is 2. The van der Waals surface area contributed by atoms with E-state index in [1.165, 1.54) is 0 Å². The molecule has 0 radical (unpaired) electrons. The number of ether oxygens (including phenoxy) is 2. The molecule has 5 N–H and O–H groups in total. The van der Waals surface area contributed by atoms with Crippen molar-refractivity contribution < 1.29 is 19.4 Å². The lowest BCUT2D eigenvalue weighted by molar-refractivity contribution is 0.232. The molecule has 1 aliphatic heterocycles. The van der Waals surface area contributed by atoms with Gasteiger partial charge in [0.2, 0.25) is 0 Å². The molecule has 45 heavy (non-hydrogen) atoms. The first-order valence-electron chi connectivity index (χ1n) is 15.2. The molecular formula is C34H49Cl2N5O4. The van der Waals surface area contributed by atoms with Gasteiger partial charge in [-0.05, 0) is 77.8 Å². The van der Waals surface area contributed by atoms with Crippen LogP contribution < -0.4 is 30.7 Å². The summed E-state index contributed by atoms with van der Waals surface area (Å²) in [6.45, 7) is 10.9. The number of amides is 2. The molecule has 1 fully saturated rings. The summed E-state index contributed by atoms with van der Waals surface area (Å²) in [5.41, 5.74) is 10.7. The zero-order valence-corrected chi connectivity index (χ0v) is 28.6. The number of carbonyl (C=O) groups is 1. The van der Waals surface area contributed by atoms with Crippen molar-refractivity contribution in [1.29, 1.82) is 0 Å². The second-order valence-electron chi connectivity index (χ2n) is 11.9. The molecule has 9 nitrogen and oxygen atoms in total. The minimum Gasteiger partial charge on any atom is -0.497 e. The van der Waals surface area contributed by atoms with E-state index in [0.29, 0.717) is 31.0 Å². The number of hydrogen-bond donors (Lipinski definition) is 4. The van der Waals surface area contributed by atoms with E-state index in [4.69, 9.17) is 20.3 Å². The van der Waals surface area contributed by atoms with Gasteiger partial charge in [0, 0.05) is 55.6 Å². The zero-order chi connectivity index (χ0) is 31.0. The highest BCUT2D eigenvalue weighted by molar-refractivity contribution is 5.92. The van der Waals surface area contributed by atoms with Gasteiger partial charge < -0.3 is 35.8 Å². The van der Waals surface area contributed by atoms with Gasteiger partial charge in [-0.15, -0.1) is 24.8 Å². The van der Waals surface area contributed by atoms with E-state index in [2.05, 4.69) is 60.3 Å². The van der Waals surface area contributed by atoms with Crippen LogP contribution >= 0.6 is 24.8 Å². The van der Waals surface area contributed by atoms with Crippen molar-refractivity contribution in [1.82, 2.24) is 10.3 Å². The van der Waals surface area contributed by atoms with E-state index < -0.39 is 0 Å². The summed E-state index contributed by atoms with van der Waals surface area (Å²) >= 11 is 0. The molecule has 0 bridgehead atoms. The summed E-state index contributed by atoms with van der Waals surface area (Å²) < 4.78 is 11.5. The fraction of sp³-hybridized carbons (Fsp3) is 0.471. The number of benzene rings is 2. The lowest BCUT2D eigenvalue weighted by Gasteiger charge is -2.43. The minimum absolute atomic E-state index is 0. The van der Waals surface area contributed by atoms with Crippen LogP contribution in [0.5, 0.6) is 11.5 Å². The van der Waals surface area contributed by atoms with Gasteiger partial charge in [0.15, 0.2) is 11.6 Å². The Morgan fingerprint density at radius 1 is 1.04 bits per heavy atom. The van der Waals surface area contributed by atoms with Crippen molar-refractivity contribution >= 4 is 48.0 Å². The number of carbonyl (C=O) groups excluding carboxylic acids is 1. The van der Waals surface area contributed by atoms with Crippen LogP contribution in [0.4, 0.5) is 22.0 Å². The average Bonchev–Trinajstić information content (AvgIpc) is 3.01. The van der Waals surface area contributed by atoms with Crippen LogP contribution in [0.1, 0.15) is 75.5 Å². The predicted molar refractivity (Wildman–Crippen MR) is 188 cm³/mol. The highest BCUT2D eigenvalue weighted by atomic mass is 35.5. The van der Waals surface area contributed by atoms with Crippen molar-refractivity contribution in [3.63, 3.8) is 0 Å². The molecule has 0 aliphatic carbocycles. The molecule has 0 saturated carbocycles. The molecule has 1 saturated heterocycles. The second kappa shape index (κ2) is 17.3. The van der Waals surface area contributed by atoms with E-state index >= 15 is 0 Å². The molecule has 0 spiro atoms. The summed E-state index contributed by atoms with van der Waals surface area (Å²) in [4.78, 5) is 20.4. The Labute approximate surface area is 280 Å². The second-order valence-corrected chi connectivity index (χ2v) is 11.9. The van der Waals surface area contributed by atoms with Crippen molar-refractivity contribution in [2.45, 2.75) is 64.2 Å². The molecule has 4 rings (SSSR count). The van der Waals surface area contributed by atoms with Crippen LogP contribution in [-0.2, 0) is 5.41 Å². The topological polar surface area (TPSA) is 122 Å². The molecule has 11 heteroatoms. The number of pyridine rings is 1. The van der Waals surface area contributed by atoms with Crippen molar-refractivity contribution in [3.05, 3.63) is 71.4 Å². The largest absolute Gasteiger partial charge is 0.497 e. The van der Waals surface area contributed by atoms with Gasteiger partial charge in [0.1, 0.15) is 5.75 Å². The number of aliphatic hydroxyl groups is 1. The van der Waals surface area contributed by atoms with Crippen LogP contribution in [0, 0.1) is 0 Å². The highest BCUT2D eigenvalue weighted by Gasteiger charge is 2.38. The van der Waals surface area contributed by atoms with Crippen molar-refractivity contribution in [2.75, 3.05) is 55.9 Å². The number of anilines is 3. The van der Waals surface area contributed by atoms with Gasteiger partial charge in [-0.3, -0.25) is 0 Å². The fourth-order valence-electron chi connectivity index (χ4n) is 5.82. The standard InChI is InChI=1S/C34H47N5O4.2ClH/c1-23(2)28-20-26(35)21-29(24(3)4)31(28)38-33(41)37-22-34(25-9-6-10-27(19-25)42-5)12-15-39(16-13-34)32-30(11-7-14-36-32)43-18-8-17-40;;/h6-7,9-11,14,19-21,23-24,40H,8,12-13,15-18,22,35H2,1-5H3,(H2,37,38,41);2*1H. The summed E-state index contributed by atoms with van der Waals surface area (Å²) in [5.74, 6) is 2.71. The number of nitrogens with one attached hydrogen (secondary N) is 2. The molecule has 0 unspecified atom stereocenters. The molecule has 3 aromatic rings. The Morgan fingerprint density at radius 3 is 2.31 bits per heavy atom. The highest BCUT2D eigenvalue weighted by Crippen LogP contribution is 2.40. The Kier molecular flexibility index (Phi) is 14.6. The third-order valence-corrected chi connectivity index (χ3v) is 8.30. The third kappa shape index (κ3) is 9.31. The first-order chi connectivity index (χ1) is 20.7. The average molecular weight is 663 g/mol. The third-order valence-electron chi connectivity index (χ3n) is 8.30. The molecule has 2 heterocycles. The van der Waals surface area contributed by atoms with Gasteiger partial charge in [0.25, 0.3) is 0 Å². The molecule has 0 atom stereocenters. The number of nitrogens with zero attached hydrogens (tertiary/aromatic N) is 2. The van der Waals surface area contributed by atoms with Crippen LogP contribution in [0.3, 0.4) is 0 Å². The van der Waals surface area contributed by atoms with Crippen molar-refractivity contribution in [3.8, 4) is 11.5 Å². The summed E-state index contributed by atoms with van der Waals surface area (Å²) in [6.07, 6.45) is 3.93. The monoisotopic (exact) mass is 661 g/mol. The molecule has 2 amide bonds. The van der Waals surface area contributed by atoms with Gasteiger partial charge in [0.05, 0.1) is 13.7 Å². The number of nitrogen functional groups attached to an aromatic ring is 1. The quantitative estimate of drug-likeness (QED) is 0.123. The van der Waals surface area contributed by atoms with Gasteiger partial charge in [-0.2, -0.15) is 0 Å². The molecule has 248 valence electrons. The van der Waals surface area contributed by atoms with E-state index in [1.807, 2.05) is 36.4 Å². The van der Waals surface area contributed by atoms with Crippen molar-refractivity contribution in [2.24, 2.45) is 0 Å². The summed E-state index contributed by atoms with van der Waals surface area (Å²) in [5, 5.41) is 15.6. The Morgan fingerprint density at radius 2 is 1.71 bits per heavy atom. The Hall–Kier alpha value is -3.40. The van der Waals surface area contributed by atoms with Gasteiger partial charge >= 0.3 is 6.03 Å². The number of rotatable bonds is 12. The maximum atomic E-state index is 13.5. The lowest BCUT2D eigenvalue weighted by atomic mass is 9.72. The molecular weight excluding hydrogens is 613 g/mol. The van der Waals surface area contributed by atoms with Crippen LogP contribution in [0.15, 0.2) is 54.7 Å². The number of aliphatic hydroxyl groups excluding tert-OH is 1. The number of urea groups is 1. The van der Waals surface area contributed by atoms with E-state index in [-0.39, 0.29) is 54.7 Å². The fourth-order valence-corrected chi connectivity index (χ4v) is 5.82. The van der Waals surface area contributed by atoms with Crippen LogP contribution in [0.25, 0.3) is 0 Å². The van der Waals surface area contributed by atoms with Gasteiger partial charge in [-0.1, -0.05) is 39.8 Å². The molecule has 2 aromatic carbocycles.